The molecule has 3 heterocycles. The third-order valence-corrected chi connectivity index (χ3v) is 10.7. The molecule has 0 saturated heterocycles. The van der Waals surface area contributed by atoms with Crippen LogP contribution in [0.4, 0.5) is 0 Å². The Labute approximate surface area is 322 Å². The fraction of sp³-hybridized carbons (Fsp3) is 0. The van der Waals surface area contributed by atoms with E-state index in [1.807, 2.05) is 60.7 Å². The summed E-state index contributed by atoms with van der Waals surface area (Å²) in [7, 11) is 0. The summed E-state index contributed by atoms with van der Waals surface area (Å²) in [6, 6.07) is 67.4. The summed E-state index contributed by atoms with van der Waals surface area (Å²) in [6.45, 7) is 0. The van der Waals surface area contributed by atoms with Crippen molar-refractivity contribution >= 4 is 43.7 Å². The van der Waals surface area contributed by atoms with E-state index in [0.29, 0.717) is 17.5 Å². The number of hydrogen-bond donors (Lipinski definition) is 0. The smallest absolute Gasteiger partial charge is 0.164 e. The molecule has 0 aliphatic carbocycles. The molecule has 0 amide bonds. The summed E-state index contributed by atoms with van der Waals surface area (Å²) in [5.74, 6) is 1.82. The topological polar surface area (TPSA) is 56.7 Å². The largest absolute Gasteiger partial charge is 0.454 e. The van der Waals surface area contributed by atoms with Crippen LogP contribution in [0.1, 0.15) is 0 Å². The highest BCUT2D eigenvalue weighted by atomic mass is 16.3. The Morgan fingerprint density at radius 1 is 0.357 bits per heavy atom. The van der Waals surface area contributed by atoms with Crippen molar-refractivity contribution in [1.29, 1.82) is 0 Å². The molecule has 0 atom stereocenters. The maximum Gasteiger partial charge on any atom is 0.164 e. The predicted octanol–water partition coefficient (Wildman–Crippen LogP) is 13.2. The number of rotatable bonds is 6. The molecular weight excluding hydrogens is 685 g/mol. The molecule has 0 spiro atoms. The zero-order valence-corrected chi connectivity index (χ0v) is 30.2. The summed E-state index contributed by atoms with van der Waals surface area (Å²) in [4.78, 5) is 14.9. The molecule has 0 aliphatic heterocycles. The van der Waals surface area contributed by atoms with Crippen LogP contribution in [0.5, 0.6) is 0 Å². The molecule has 5 heteroatoms. The van der Waals surface area contributed by atoms with Crippen LogP contribution in [0.2, 0.25) is 0 Å². The number of hydrogen-bond acceptors (Lipinski definition) is 4. The summed E-state index contributed by atoms with van der Waals surface area (Å²) >= 11 is 0. The normalized spacial score (nSPS) is 11.6. The van der Waals surface area contributed by atoms with Crippen molar-refractivity contribution in [2.75, 3.05) is 0 Å². The van der Waals surface area contributed by atoms with E-state index in [2.05, 4.69) is 138 Å². The van der Waals surface area contributed by atoms with Crippen LogP contribution in [0.25, 0.3) is 106 Å². The zero-order chi connectivity index (χ0) is 37.0. The van der Waals surface area contributed by atoms with E-state index < -0.39 is 0 Å². The van der Waals surface area contributed by atoms with Gasteiger partial charge in [-0.1, -0.05) is 158 Å². The molecule has 0 unspecified atom stereocenters. The van der Waals surface area contributed by atoms with Crippen LogP contribution >= 0.6 is 0 Å². The zero-order valence-electron chi connectivity index (χ0n) is 30.2. The maximum absolute atomic E-state index is 7.06. The molecule has 0 fully saturated rings. The number of benzene rings is 8. The molecule has 11 aromatic rings. The molecule has 56 heavy (non-hydrogen) atoms. The van der Waals surface area contributed by atoms with Crippen molar-refractivity contribution in [1.82, 2.24) is 19.5 Å². The van der Waals surface area contributed by atoms with E-state index in [-0.39, 0.29) is 0 Å². The lowest BCUT2D eigenvalue weighted by molar-refractivity contribution is 0.666. The predicted molar refractivity (Wildman–Crippen MR) is 229 cm³/mol. The van der Waals surface area contributed by atoms with Gasteiger partial charge in [-0.05, 0) is 58.7 Å². The fourth-order valence-corrected chi connectivity index (χ4v) is 8.02. The Morgan fingerprint density at radius 3 is 1.55 bits per heavy atom. The molecule has 262 valence electrons. The van der Waals surface area contributed by atoms with E-state index >= 15 is 0 Å². The molecular formula is C51H32N4O. The Hall–Kier alpha value is -7.63. The highest BCUT2D eigenvalue weighted by Gasteiger charge is 2.22. The highest BCUT2D eigenvalue weighted by Crippen LogP contribution is 2.43. The van der Waals surface area contributed by atoms with Crippen molar-refractivity contribution in [2.24, 2.45) is 0 Å². The van der Waals surface area contributed by atoms with Crippen LogP contribution in [-0.4, -0.2) is 19.5 Å². The average Bonchev–Trinajstić information content (AvgIpc) is 3.83. The number of fused-ring (bicyclic) bond motifs is 6. The minimum atomic E-state index is 0.584. The first kappa shape index (κ1) is 31.9. The average molecular weight is 717 g/mol. The van der Waals surface area contributed by atoms with E-state index in [1.54, 1.807) is 0 Å². The van der Waals surface area contributed by atoms with Gasteiger partial charge in [0, 0.05) is 38.2 Å². The van der Waals surface area contributed by atoms with Crippen LogP contribution < -0.4 is 0 Å². The first-order chi connectivity index (χ1) is 27.8. The van der Waals surface area contributed by atoms with Gasteiger partial charge >= 0.3 is 0 Å². The van der Waals surface area contributed by atoms with Gasteiger partial charge in [-0.25, -0.2) is 15.0 Å². The lowest BCUT2D eigenvalue weighted by Gasteiger charge is -2.12. The Balaban J connectivity index is 1.15. The third-order valence-electron chi connectivity index (χ3n) is 10.7. The molecule has 0 aliphatic rings. The van der Waals surface area contributed by atoms with Crippen molar-refractivity contribution in [3.63, 3.8) is 0 Å². The van der Waals surface area contributed by atoms with Crippen LogP contribution in [0.3, 0.4) is 0 Å². The van der Waals surface area contributed by atoms with E-state index in [4.69, 9.17) is 19.4 Å². The monoisotopic (exact) mass is 716 g/mol. The second-order valence-electron chi connectivity index (χ2n) is 14.0. The van der Waals surface area contributed by atoms with Gasteiger partial charge in [0.25, 0.3) is 0 Å². The minimum absolute atomic E-state index is 0.584. The molecule has 5 nitrogen and oxygen atoms in total. The van der Waals surface area contributed by atoms with Crippen LogP contribution in [0, 0.1) is 0 Å². The Morgan fingerprint density at radius 2 is 0.893 bits per heavy atom. The number of para-hydroxylation sites is 1. The Bertz CT molecular complexity index is 3170. The van der Waals surface area contributed by atoms with Crippen LogP contribution in [-0.2, 0) is 0 Å². The molecule has 0 N–H and O–H groups in total. The highest BCUT2D eigenvalue weighted by molar-refractivity contribution is 6.17. The van der Waals surface area contributed by atoms with Gasteiger partial charge in [0.15, 0.2) is 23.1 Å². The number of nitrogens with zero attached hydrogens (tertiary/aromatic N) is 4. The molecule has 11 rings (SSSR count). The SMILES string of the molecule is c1ccc(-c2ccc3c(c2)c2ccccc2n3-c2ccc(-c3ccccc3)c3c2oc2cc(-c4nc(-c5ccccc5)nc(-c5ccccc5)n4)ccc23)cc1. The first-order valence-corrected chi connectivity index (χ1v) is 18.8. The van der Waals surface area contributed by atoms with E-state index in [0.717, 1.165) is 66.5 Å². The maximum atomic E-state index is 7.06. The second-order valence-corrected chi connectivity index (χ2v) is 14.0. The fourth-order valence-electron chi connectivity index (χ4n) is 8.02. The van der Waals surface area contributed by atoms with Gasteiger partial charge in [-0.3, -0.25) is 0 Å². The van der Waals surface area contributed by atoms with Gasteiger partial charge in [-0.15, -0.1) is 0 Å². The lowest BCUT2D eigenvalue weighted by atomic mass is 9.98. The quantitative estimate of drug-likeness (QED) is 0.172. The van der Waals surface area contributed by atoms with Crippen molar-refractivity contribution in [3.05, 3.63) is 194 Å². The van der Waals surface area contributed by atoms with E-state index in [9.17, 15) is 0 Å². The summed E-state index contributed by atoms with van der Waals surface area (Å²) in [5.41, 5.74) is 12.1. The summed E-state index contributed by atoms with van der Waals surface area (Å²) in [5, 5.41) is 4.47. The van der Waals surface area contributed by atoms with Gasteiger partial charge in [0.1, 0.15) is 5.58 Å². The molecule has 8 aromatic carbocycles. The van der Waals surface area contributed by atoms with Gasteiger partial charge in [0.2, 0.25) is 0 Å². The number of furan rings is 1. The number of aromatic nitrogens is 4. The minimum Gasteiger partial charge on any atom is -0.454 e. The molecule has 3 aromatic heterocycles. The Kier molecular flexibility index (Phi) is 7.42. The molecule has 0 radical (unpaired) electrons. The second kappa shape index (κ2) is 13.0. The first-order valence-electron chi connectivity index (χ1n) is 18.8. The standard InChI is InChI=1S/C51H32N4O/c1-5-15-33(16-6-1)37-26-29-44-42(31-37)40-23-13-14-24-43(40)55(44)45-30-28-39(34-17-7-2-8-18-34)47-41-27-25-38(32-46(41)56-48(45)47)51-53-49(35-19-9-3-10-20-35)52-50(54-51)36-21-11-4-12-22-36/h1-32H. The van der Waals surface area contributed by atoms with Gasteiger partial charge < -0.3 is 8.98 Å². The van der Waals surface area contributed by atoms with Crippen LogP contribution in [0.15, 0.2) is 199 Å². The van der Waals surface area contributed by atoms with Crippen molar-refractivity contribution in [2.45, 2.75) is 0 Å². The molecule has 0 saturated carbocycles. The summed E-state index contributed by atoms with van der Waals surface area (Å²) < 4.78 is 9.41. The summed E-state index contributed by atoms with van der Waals surface area (Å²) in [6.07, 6.45) is 0. The van der Waals surface area contributed by atoms with Gasteiger partial charge in [0.05, 0.1) is 16.7 Å². The molecule has 0 bridgehead atoms. The van der Waals surface area contributed by atoms with E-state index in [1.165, 1.54) is 21.9 Å². The van der Waals surface area contributed by atoms with Gasteiger partial charge in [-0.2, -0.15) is 0 Å². The third kappa shape index (κ3) is 5.29. The van der Waals surface area contributed by atoms with Crippen molar-refractivity contribution < 1.29 is 4.42 Å². The lowest BCUT2D eigenvalue weighted by Crippen LogP contribution is -2.00. The van der Waals surface area contributed by atoms with Crippen molar-refractivity contribution in [3.8, 4) is 62.1 Å².